The van der Waals surface area contributed by atoms with E-state index in [1.165, 1.54) is 6.08 Å². The Morgan fingerprint density at radius 3 is 2.57 bits per heavy atom. The summed E-state index contributed by atoms with van der Waals surface area (Å²) in [6.07, 6.45) is 6.21. The van der Waals surface area contributed by atoms with Crippen LogP contribution in [0.1, 0.15) is 45.0 Å². The van der Waals surface area contributed by atoms with Crippen LogP contribution in [-0.2, 0) is 17.8 Å². The molecule has 0 aliphatic heterocycles. The molecule has 28 heavy (non-hydrogen) atoms. The Kier molecular flexibility index (Phi) is 12.8. The van der Waals surface area contributed by atoms with Crippen molar-refractivity contribution in [2.24, 2.45) is 0 Å². The number of imidazole rings is 1. The lowest BCUT2D eigenvalue weighted by molar-refractivity contribution is -0.124. The third-order valence-electron chi connectivity index (χ3n) is 4.68. The molecule has 1 aromatic carbocycles. The highest BCUT2D eigenvalue weighted by molar-refractivity contribution is 5.91. The average Bonchev–Trinajstić information content (AvgIpc) is 3.01. The molecule has 0 radical (unpaired) electrons. The average molecular weight is 431 g/mol. The molecule has 2 N–H and O–H groups in total. The minimum Gasteiger partial charge on any atom is -0.327 e. The van der Waals surface area contributed by atoms with Crippen LogP contribution in [0.15, 0.2) is 24.3 Å². The Balaban J connectivity index is 0.00000364. The quantitative estimate of drug-likeness (QED) is 0.338. The van der Waals surface area contributed by atoms with Gasteiger partial charge in [-0.05, 0) is 43.3 Å². The summed E-state index contributed by atoms with van der Waals surface area (Å²) in [5.41, 5.74) is 4.56. The predicted molar refractivity (Wildman–Crippen MR) is 120 cm³/mol. The van der Waals surface area contributed by atoms with Crippen LogP contribution in [0.4, 0.5) is 0 Å². The van der Waals surface area contributed by atoms with E-state index in [0.717, 1.165) is 67.9 Å². The van der Waals surface area contributed by atoms with Crippen LogP contribution in [0.5, 0.6) is 0 Å². The Hall–Kier alpha value is -1.60. The standard InChI is InChI=1S/C20H30N4O2.2ClH/c1-4-7-8-19-21-17-15-16(10-12-20(25)22-26)9-11-18(17)24(19)14-13-23(5-2)6-3;;/h9-12,15,26H,4-8,13-14H2,1-3H3,(H,22,25);2*1H. The smallest absolute Gasteiger partial charge is 0.267 e. The number of aryl methyl sites for hydroxylation is 1. The molecule has 1 amide bonds. The zero-order chi connectivity index (χ0) is 18.9. The molecule has 0 fully saturated rings. The first-order chi connectivity index (χ1) is 12.6. The van der Waals surface area contributed by atoms with E-state index in [2.05, 4.69) is 36.3 Å². The molecular weight excluding hydrogens is 399 g/mol. The number of benzene rings is 1. The molecule has 0 saturated heterocycles. The van der Waals surface area contributed by atoms with Crippen molar-refractivity contribution >= 4 is 47.8 Å². The number of rotatable bonds is 10. The number of hydroxylamine groups is 1. The number of unbranched alkanes of at least 4 members (excludes halogenated alkanes) is 1. The molecule has 0 aliphatic carbocycles. The molecule has 8 heteroatoms. The van der Waals surface area contributed by atoms with Gasteiger partial charge in [0.1, 0.15) is 5.82 Å². The highest BCUT2D eigenvalue weighted by Gasteiger charge is 2.12. The van der Waals surface area contributed by atoms with E-state index in [1.807, 2.05) is 12.1 Å². The Bertz CT molecular complexity index is 758. The van der Waals surface area contributed by atoms with E-state index >= 15 is 0 Å². The van der Waals surface area contributed by atoms with E-state index in [1.54, 1.807) is 11.6 Å². The number of hydrogen-bond acceptors (Lipinski definition) is 4. The van der Waals surface area contributed by atoms with Gasteiger partial charge in [-0.25, -0.2) is 10.5 Å². The van der Waals surface area contributed by atoms with Gasteiger partial charge in [-0.3, -0.25) is 10.0 Å². The van der Waals surface area contributed by atoms with Gasteiger partial charge in [0.2, 0.25) is 0 Å². The van der Waals surface area contributed by atoms with Gasteiger partial charge >= 0.3 is 0 Å². The Morgan fingerprint density at radius 1 is 1.25 bits per heavy atom. The maximum atomic E-state index is 11.2. The van der Waals surface area contributed by atoms with Gasteiger partial charge < -0.3 is 9.47 Å². The summed E-state index contributed by atoms with van der Waals surface area (Å²) in [5, 5.41) is 8.58. The van der Waals surface area contributed by atoms with Crippen molar-refractivity contribution in [2.45, 2.75) is 46.6 Å². The fourth-order valence-electron chi connectivity index (χ4n) is 3.07. The zero-order valence-electron chi connectivity index (χ0n) is 16.9. The highest BCUT2D eigenvalue weighted by atomic mass is 35.5. The van der Waals surface area contributed by atoms with E-state index in [9.17, 15) is 4.79 Å². The van der Waals surface area contributed by atoms with Gasteiger partial charge in [-0.1, -0.05) is 33.3 Å². The maximum absolute atomic E-state index is 11.2. The Labute approximate surface area is 179 Å². The van der Waals surface area contributed by atoms with Crippen molar-refractivity contribution in [1.29, 1.82) is 0 Å². The molecular formula is C20H32Cl2N4O2. The molecule has 0 bridgehead atoms. The number of halogens is 2. The van der Waals surface area contributed by atoms with Crippen LogP contribution in [0.3, 0.4) is 0 Å². The lowest BCUT2D eigenvalue weighted by atomic mass is 10.2. The van der Waals surface area contributed by atoms with Crippen LogP contribution in [0, 0.1) is 0 Å². The zero-order valence-corrected chi connectivity index (χ0v) is 18.5. The third-order valence-corrected chi connectivity index (χ3v) is 4.68. The lowest BCUT2D eigenvalue weighted by Crippen LogP contribution is -2.27. The first-order valence-corrected chi connectivity index (χ1v) is 9.46. The summed E-state index contributed by atoms with van der Waals surface area (Å²) >= 11 is 0. The van der Waals surface area contributed by atoms with Crippen molar-refractivity contribution in [3.63, 3.8) is 0 Å². The van der Waals surface area contributed by atoms with E-state index in [4.69, 9.17) is 10.2 Å². The summed E-state index contributed by atoms with van der Waals surface area (Å²) in [5.74, 6) is 0.585. The highest BCUT2D eigenvalue weighted by Crippen LogP contribution is 2.20. The predicted octanol–water partition coefficient (Wildman–Crippen LogP) is 4.08. The summed E-state index contributed by atoms with van der Waals surface area (Å²) in [6, 6.07) is 6.03. The number of amides is 1. The molecule has 0 atom stereocenters. The van der Waals surface area contributed by atoms with E-state index in [0.29, 0.717) is 0 Å². The van der Waals surface area contributed by atoms with Crippen LogP contribution in [0.25, 0.3) is 17.1 Å². The van der Waals surface area contributed by atoms with Gasteiger partial charge in [0.05, 0.1) is 11.0 Å². The van der Waals surface area contributed by atoms with Gasteiger partial charge in [0.25, 0.3) is 5.91 Å². The molecule has 158 valence electrons. The largest absolute Gasteiger partial charge is 0.327 e. The van der Waals surface area contributed by atoms with E-state index < -0.39 is 5.91 Å². The van der Waals surface area contributed by atoms with Crippen LogP contribution < -0.4 is 5.48 Å². The fraction of sp³-hybridized carbons (Fsp3) is 0.500. The monoisotopic (exact) mass is 430 g/mol. The summed E-state index contributed by atoms with van der Waals surface area (Å²) in [6.45, 7) is 10.6. The minimum atomic E-state index is -0.543. The molecule has 1 heterocycles. The molecule has 6 nitrogen and oxygen atoms in total. The molecule has 0 spiro atoms. The first kappa shape index (κ1) is 26.4. The number of nitrogens with zero attached hydrogens (tertiary/aromatic N) is 3. The van der Waals surface area contributed by atoms with Crippen molar-refractivity contribution in [2.75, 3.05) is 19.6 Å². The second-order valence-electron chi connectivity index (χ2n) is 6.37. The SMILES string of the molecule is CCCCc1nc2cc(C=CC(=O)NO)ccc2n1CCN(CC)CC.Cl.Cl. The van der Waals surface area contributed by atoms with Crippen LogP contribution in [0.2, 0.25) is 0 Å². The first-order valence-electron chi connectivity index (χ1n) is 9.46. The van der Waals surface area contributed by atoms with Gasteiger partial charge in [0.15, 0.2) is 0 Å². The molecule has 1 aromatic heterocycles. The van der Waals surface area contributed by atoms with Crippen LogP contribution in [-0.4, -0.2) is 45.2 Å². The second kappa shape index (κ2) is 13.6. The van der Waals surface area contributed by atoms with Crippen molar-refractivity contribution in [3.8, 4) is 0 Å². The molecule has 0 unspecified atom stereocenters. The van der Waals surface area contributed by atoms with Crippen molar-refractivity contribution in [1.82, 2.24) is 19.9 Å². The maximum Gasteiger partial charge on any atom is 0.267 e. The summed E-state index contributed by atoms with van der Waals surface area (Å²) in [7, 11) is 0. The molecule has 0 aliphatic rings. The molecule has 0 saturated carbocycles. The number of carbonyl (C=O) groups is 1. The fourth-order valence-corrected chi connectivity index (χ4v) is 3.07. The number of aromatic nitrogens is 2. The number of nitrogens with one attached hydrogen (secondary N) is 1. The third kappa shape index (κ3) is 7.09. The van der Waals surface area contributed by atoms with E-state index in [-0.39, 0.29) is 24.8 Å². The van der Waals surface area contributed by atoms with Gasteiger partial charge in [-0.2, -0.15) is 0 Å². The molecule has 2 aromatic rings. The number of carbonyl (C=O) groups excluding carboxylic acids is 1. The number of likely N-dealkylation sites (N-methyl/N-ethyl adjacent to an activating group) is 1. The minimum absolute atomic E-state index is 0. The summed E-state index contributed by atoms with van der Waals surface area (Å²) < 4.78 is 2.33. The van der Waals surface area contributed by atoms with Crippen molar-refractivity contribution < 1.29 is 10.0 Å². The second-order valence-corrected chi connectivity index (χ2v) is 6.37. The Morgan fingerprint density at radius 2 is 1.96 bits per heavy atom. The number of hydrogen-bond donors (Lipinski definition) is 2. The topological polar surface area (TPSA) is 70.4 Å². The van der Waals surface area contributed by atoms with Gasteiger partial charge in [-0.15, -0.1) is 24.8 Å². The van der Waals surface area contributed by atoms with Crippen molar-refractivity contribution in [3.05, 3.63) is 35.7 Å². The van der Waals surface area contributed by atoms with Crippen LogP contribution >= 0.6 is 24.8 Å². The van der Waals surface area contributed by atoms with Gasteiger partial charge in [0, 0.05) is 25.6 Å². The summed E-state index contributed by atoms with van der Waals surface area (Å²) in [4.78, 5) is 18.4. The number of fused-ring (bicyclic) bond motifs is 1. The molecule has 2 rings (SSSR count). The normalized spacial score (nSPS) is 10.9. The lowest BCUT2D eigenvalue weighted by Gasteiger charge is -2.19.